The number of nitrogens with one attached hydrogen (secondary N) is 1. The SMILES string of the molecule is Cc1cccnc1NC(=O)Cc1sc(Cc2cccc3ccccc23)nc1C. The van der Waals surface area contributed by atoms with Crippen LogP contribution in [0.15, 0.2) is 60.8 Å². The van der Waals surface area contributed by atoms with Gasteiger partial charge in [-0.15, -0.1) is 11.3 Å². The molecular formula is C23H21N3OS. The first-order valence-corrected chi connectivity index (χ1v) is 10.0. The average molecular weight is 388 g/mol. The highest BCUT2D eigenvalue weighted by Gasteiger charge is 2.14. The summed E-state index contributed by atoms with van der Waals surface area (Å²) in [4.78, 5) is 22.4. The van der Waals surface area contributed by atoms with Crippen molar-refractivity contribution < 1.29 is 4.79 Å². The Labute approximate surface area is 168 Å². The van der Waals surface area contributed by atoms with E-state index in [1.807, 2.05) is 26.0 Å². The Morgan fingerprint density at radius 1 is 1.04 bits per heavy atom. The first-order chi connectivity index (χ1) is 13.6. The number of fused-ring (bicyclic) bond motifs is 1. The first-order valence-electron chi connectivity index (χ1n) is 9.23. The Morgan fingerprint density at radius 3 is 2.71 bits per heavy atom. The number of carbonyl (C=O) groups excluding carboxylic acids is 1. The molecule has 2 aromatic carbocycles. The van der Waals surface area contributed by atoms with Gasteiger partial charge >= 0.3 is 0 Å². The number of hydrogen-bond donors (Lipinski definition) is 1. The van der Waals surface area contributed by atoms with Crippen LogP contribution in [0.5, 0.6) is 0 Å². The highest BCUT2D eigenvalue weighted by molar-refractivity contribution is 7.11. The van der Waals surface area contributed by atoms with E-state index < -0.39 is 0 Å². The van der Waals surface area contributed by atoms with E-state index in [1.165, 1.54) is 16.3 Å². The molecular weight excluding hydrogens is 366 g/mol. The van der Waals surface area contributed by atoms with Crippen LogP contribution >= 0.6 is 11.3 Å². The van der Waals surface area contributed by atoms with Crippen molar-refractivity contribution in [1.82, 2.24) is 9.97 Å². The number of pyridine rings is 1. The number of thiazole rings is 1. The molecule has 0 aliphatic rings. The number of hydrogen-bond acceptors (Lipinski definition) is 4. The summed E-state index contributed by atoms with van der Waals surface area (Å²) < 4.78 is 0. The van der Waals surface area contributed by atoms with Crippen LogP contribution in [0.2, 0.25) is 0 Å². The van der Waals surface area contributed by atoms with Crippen LogP contribution in [-0.2, 0) is 17.6 Å². The van der Waals surface area contributed by atoms with E-state index in [4.69, 9.17) is 4.98 Å². The van der Waals surface area contributed by atoms with Gasteiger partial charge < -0.3 is 5.32 Å². The van der Waals surface area contributed by atoms with Gasteiger partial charge in [0.05, 0.1) is 17.1 Å². The molecule has 140 valence electrons. The second-order valence-electron chi connectivity index (χ2n) is 6.83. The van der Waals surface area contributed by atoms with Crippen molar-refractivity contribution in [3.05, 3.63) is 87.5 Å². The summed E-state index contributed by atoms with van der Waals surface area (Å²) in [5.41, 5.74) is 3.13. The Kier molecular flexibility index (Phi) is 5.17. The lowest BCUT2D eigenvalue weighted by Gasteiger charge is -2.06. The molecule has 4 aromatic rings. The number of anilines is 1. The van der Waals surface area contributed by atoms with Crippen LogP contribution in [0.4, 0.5) is 5.82 Å². The zero-order valence-corrected chi connectivity index (χ0v) is 16.7. The maximum absolute atomic E-state index is 12.5. The van der Waals surface area contributed by atoms with Gasteiger partial charge in [-0.2, -0.15) is 0 Å². The van der Waals surface area contributed by atoms with Crippen LogP contribution < -0.4 is 5.32 Å². The minimum Gasteiger partial charge on any atom is -0.310 e. The second-order valence-corrected chi connectivity index (χ2v) is 7.99. The highest BCUT2D eigenvalue weighted by Crippen LogP contribution is 2.25. The summed E-state index contributed by atoms with van der Waals surface area (Å²) in [6.45, 7) is 3.90. The van der Waals surface area contributed by atoms with Crippen LogP contribution in [0, 0.1) is 13.8 Å². The molecule has 4 nitrogen and oxygen atoms in total. The molecule has 28 heavy (non-hydrogen) atoms. The maximum atomic E-state index is 12.5. The summed E-state index contributed by atoms with van der Waals surface area (Å²) in [6.07, 6.45) is 2.77. The molecule has 0 radical (unpaired) electrons. The van der Waals surface area contributed by atoms with Gasteiger partial charge in [-0.25, -0.2) is 9.97 Å². The molecule has 0 saturated heterocycles. The number of aryl methyl sites for hydroxylation is 2. The lowest BCUT2D eigenvalue weighted by molar-refractivity contribution is -0.115. The van der Waals surface area contributed by atoms with Gasteiger partial charge in [0.2, 0.25) is 5.91 Å². The molecule has 1 amide bonds. The molecule has 0 fully saturated rings. The Morgan fingerprint density at radius 2 is 1.86 bits per heavy atom. The smallest absolute Gasteiger partial charge is 0.230 e. The minimum absolute atomic E-state index is 0.0646. The van der Waals surface area contributed by atoms with Gasteiger partial charge in [-0.3, -0.25) is 4.79 Å². The number of amides is 1. The maximum Gasteiger partial charge on any atom is 0.230 e. The third-order valence-electron chi connectivity index (χ3n) is 4.75. The molecule has 5 heteroatoms. The Bertz CT molecular complexity index is 1140. The molecule has 0 aliphatic carbocycles. The van der Waals surface area contributed by atoms with Gasteiger partial charge in [-0.05, 0) is 41.8 Å². The molecule has 0 saturated carbocycles. The third kappa shape index (κ3) is 3.94. The summed E-state index contributed by atoms with van der Waals surface area (Å²) >= 11 is 1.61. The van der Waals surface area contributed by atoms with Crippen molar-refractivity contribution >= 4 is 33.8 Å². The van der Waals surface area contributed by atoms with Crippen LogP contribution in [-0.4, -0.2) is 15.9 Å². The number of aromatic nitrogens is 2. The zero-order valence-electron chi connectivity index (χ0n) is 15.9. The predicted octanol–water partition coefficient (Wildman–Crippen LogP) is 5.08. The number of benzene rings is 2. The zero-order chi connectivity index (χ0) is 19.5. The number of nitrogens with zero attached hydrogens (tertiary/aromatic N) is 2. The monoisotopic (exact) mass is 387 g/mol. The standard InChI is InChI=1S/C23H21N3OS/c1-15-7-6-12-24-23(15)26-21(27)14-20-16(2)25-22(28-20)13-18-10-5-9-17-8-3-4-11-19(17)18/h3-12H,13-14H2,1-2H3,(H,24,26,27). The Hall–Kier alpha value is -3.05. The van der Waals surface area contributed by atoms with Crippen LogP contribution in [0.3, 0.4) is 0 Å². The van der Waals surface area contributed by atoms with Gasteiger partial charge in [0, 0.05) is 17.5 Å². The van der Waals surface area contributed by atoms with E-state index in [2.05, 4.69) is 52.8 Å². The normalized spacial score (nSPS) is 10.9. The third-order valence-corrected chi connectivity index (χ3v) is 5.90. The number of rotatable bonds is 5. The summed E-state index contributed by atoms with van der Waals surface area (Å²) in [6, 6.07) is 18.5. The van der Waals surface area contributed by atoms with Gasteiger partial charge in [0.15, 0.2) is 0 Å². The van der Waals surface area contributed by atoms with Crippen molar-refractivity contribution in [2.75, 3.05) is 5.32 Å². The van der Waals surface area contributed by atoms with E-state index in [0.29, 0.717) is 12.2 Å². The fourth-order valence-electron chi connectivity index (χ4n) is 3.28. The lowest BCUT2D eigenvalue weighted by Crippen LogP contribution is -2.15. The summed E-state index contributed by atoms with van der Waals surface area (Å²) in [7, 11) is 0. The summed E-state index contributed by atoms with van der Waals surface area (Å²) in [5, 5.41) is 6.42. The highest BCUT2D eigenvalue weighted by atomic mass is 32.1. The average Bonchev–Trinajstić information content (AvgIpc) is 3.03. The molecule has 2 heterocycles. The largest absolute Gasteiger partial charge is 0.310 e. The molecule has 0 unspecified atom stereocenters. The van der Waals surface area contributed by atoms with Gasteiger partial charge in [-0.1, -0.05) is 48.5 Å². The fourth-order valence-corrected chi connectivity index (χ4v) is 4.37. The van der Waals surface area contributed by atoms with Crippen molar-refractivity contribution in [2.45, 2.75) is 26.7 Å². The molecule has 2 aromatic heterocycles. The van der Waals surface area contributed by atoms with E-state index in [1.54, 1.807) is 17.5 Å². The van der Waals surface area contributed by atoms with Crippen molar-refractivity contribution in [1.29, 1.82) is 0 Å². The van der Waals surface area contributed by atoms with Crippen LogP contribution in [0.1, 0.15) is 26.7 Å². The first kappa shape index (κ1) is 18.3. The fraction of sp³-hybridized carbons (Fsp3) is 0.174. The topological polar surface area (TPSA) is 54.9 Å². The number of carbonyl (C=O) groups is 1. The molecule has 4 rings (SSSR count). The predicted molar refractivity (Wildman–Crippen MR) is 115 cm³/mol. The quantitative estimate of drug-likeness (QED) is 0.519. The van der Waals surface area contributed by atoms with Crippen molar-refractivity contribution in [3.63, 3.8) is 0 Å². The lowest BCUT2D eigenvalue weighted by atomic mass is 10.0. The molecule has 0 bridgehead atoms. The van der Waals surface area contributed by atoms with E-state index >= 15 is 0 Å². The van der Waals surface area contributed by atoms with Gasteiger partial charge in [0.1, 0.15) is 5.82 Å². The van der Waals surface area contributed by atoms with Crippen LogP contribution in [0.25, 0.3) is 10.8 Å². The second kappa shape index (κ2) is 7.90. The summed E-state index contributed by atoms with van der Waals surface area (Å²) in [5.74, 6) is 0.552. The van der Waals surface area contributed by atoms with Crippen molar-refractivity contribution in [2.24, 2.45) is 0 Å². The van der Waals surface area contributed by atoms with E-state index in [-0.39, 0.29) is 5.91 Å². The molecule has 0 spiro atoms. The molecule has 1 N–H and O–H groups in total. The van der Waals surface area contributed by atoms with E-state index in [0.717, 1.165) is 27.6 Å². The molecule has 0 aliphatic heterocycles. The van der Waals surface area contributed by atoms with Crippen molar-refractivity contribution in [3.8, 4) is 0 Å². The minimum atomic E-state index is -0.0646. The molecule has 0 atom stereocenters. The van der Waals surface area contributed by atoms with Gasteiger partial charge in [0.25, 0.3) is 0 Å². The van der Waals surface area contributed by atoms with E-state index in [9.17, 15) is 4.79 Å². The Balaban J connectivity index is 1.50.